The van der Waals surface area contributed by atoms with Crippen molar-refractivity contribution in [3.63, 3.8) is 0 Å². The lowest BCUT2D eigenvalue weighted by Crippen LogP contribution is -2.40. The van der Waals surface area contributed by atoms with Crippen molar-refractivity contribution in [2.75, 3.05) is 13.2 Å². The summed E-state index contributed by atoms with van der Waals surface area (Å²) in [5.74, 6) is 0.827. The lowest BCUT2D eigenvalue weighted by Gasteiger charge is -2.26. The number of hydrogen-bond acceptors (Lipinski definition) is 3. The third-order valence-electron chi connectivity index (χ3n) is 4.76. The van der Waals surface area contributed by atoms with Gasteiger partial charge in [0.1, 0.15) is 18.5 Å². The predicted molar refractivity (Wildman–Crippen MR) is 102 cm³/mol. The standard InChI is InChI=1S/C22H27NO2/c1-2-7-18-9-5-6-11-22(18)25-16-21(24)15-23-20-13-12-17-8-3-4-10-19(17)14-20/h2-6,8-11,20-21,23-24H,1,7,12-16H2/t20-,21+/m1/s1. The van der Waals surface area contributed by atoms with E-state index in [9.17, 15) is 5.11 Å². The fourth-order valence-corrected chi connectivity index (χ4v) is 3.39. The van der Waals surface area contributed by atoms with Crippen LogP contribution in [0.2, 0.25) is 0 Å². The third kappa shape index (κ3) is 4.94. The number of allylic oxidation sites excluding steroid dienone is 1. The molecule has 2 aromatic rings. The van der Waals surface area contributed by atoms with E-state index in [1.165, 1.54) is 11.1 Å². The van der Waals surface area contributed by atoms with E-state index in [0.29, 0.717) is 19.2 Å². The topological polar surface area (TPSA) is 41.5 Å². The van der Waals surface area contributed by atoms with Crippen LogP contribution in [0.4, 0.5) is 0 Å². The number of aliphatic hydroxyl groups is 1. The normalized spacial score (nSPS) is 17.6. The Morgan fingerprint density at radius 1 is 1.16 bits per heavy atom. The lowest BCUT2D eigenvalue weighted by atomic mass is 9.88. The number of aliphatic hydroxyl groups excluding tert-OH is 1. The maximum atomic E-state index is 10.2. The maximum Gasteiger partial charge on any atom is 0.122 e. The van der Waals surface area contributed by atoms with Crippen molar-refractivity contribution in [2.24, 2.45) is 0 Å². The summed E-state index contributed by atoms with van der Waals surface area (Å²) >= 11 is 0. The minimum Gasteiger partial charge on any atom is -0.491 e. The highest BCUT2D eigenvalue weighted by Crippen LogP contribution is 2.21. The van der Waals surface area contributed by atoms with E-state index in [4.69, 9.17) is 4.74 Å². The molecule has 0 amide bonds. The fourth-order valence-electron chi connectivity index (χ4n) is 3.39. The number of para-hydroxylation sites is 1. The van der Waals surface area contributed by atoms with Gasteiger partial charge in [-0.05, 0) is 48.4 Å². The summed E-state index contributed by atoms with van der Waals surface area (Å²) in [6, 6.07) is 17.0. The molecule has 25 heavy (non-hydrogen) atoms. The number of nitrogens with one attached hydrogen (secondary N) is 1. The number of hydrogen-bond donors (Lipinski definition) is 2. The number of fused-ring (bicyclic) bond motifs is 1. The zero-order valence-electron chi connectivity index (χ0n) is 14.7. The molecule has 0 saturated heterocycles. The van der Waals surface area contributed by atoms with Crippen LogP contribution in [-0.4, -0.2) is 30.4 Å². The van der Waals surface area contributed by atoms with Crippen LogP contribution in [0, 0.1) is 0 Å². The molecule has 0 radical (unpaired) electrons. The van der Waals surface area contributed by atoms with Gasteiger partial charge in [0.05, 0.1) is 0 Å². The van der Waals surface area contributed by atoms with Gasteiger partial charge in [0.15, 0.2) is 0 Å². The molecule has 3 nitrogen and oxygen atoms in total. The van der Waals surface area contributed by atoms with E-state index in [-0.39, 0.29) is 0 Å². The highest BCUT2D eigenvalue weighted by molar-refractivity contribution is 5.34. The van der Waals surface area contributed by atoms with Gasteiger partial charge in [0, 0.05) is 12.6 Å². The number of rotatable bonds is 8. The predicted octanol–water partition coefficient (Wildman–Crippen LogP) is 3.30. The summed E-state index contributed by atoms with van der Waals surface area (Å²) < 4.78 is 5.81. The van der Waals surface area contributed by atoms with E-state index in [0.717, 1.165) is 37.0 Å². The number of aryl methyl sites for hydroxylation is 1. The molecule has 1 aliphatic carbocycles. The molecule has 0 aromatic heterocycles. The molecule has 3 heteroatoms. The van der Waals surface area contributed by atoms with Gasteiger partial charge >= 0.3 is 0 Å². The first kappa shape index (κ1) is 17.7. The second-order valence-corrected chi connectivity index (χ2v) is 6.68. The summed E-state index contributed by atoms with van der Waals surface area (Å²) in [7, 11) is 0. The molecule has 3 rings (SSSR count). The molecule has 0 aliphatic heterocycles. The molecule has 2 N–H and O–H groups in total. The lowest BCUT2D eigenvalue weighted by molar-refractivity contribution is 0.102. The van der Waals surface area contributed by atoms with Crippen LogP contribution >= 0.6 is 0 Å². The van der Waals surface area contributed by atoms with Gasteiger partial charge in [0.2, 0.25) is 0 Å². The van der Waals surface area contributed by atoms with E-state index in [1.807, 2.05) is 30.3 Å². The second kappa shape index (κ2) is 8.84. The smallest absolute Gasteiger partial charge is 0.122 e. The molecule has 1 aliphatic rings. The first-order valence-electron chi connectivity index (χ1n) is 9.06. The van der Waals surface area contributed by atoms with Crippen molar-refractivity contribution in [1.29, 1.82) is 0 Å². The monoisotopic (exact) mass is 337 g/mol. The van der Waals surface area contributed by atoms with Crippen LogP contribution < -0.4 is 10.1 Å². The van der Waals surface area contributed by atoms with Crippen molar-refractivity contribution < 1.29 is 9.84 Å². The van der Waals surface area contributed by atoms with Crippen molar-refractivity contribution >= 4 is 0 Å². The molecule has 0 fully saturated rings. The molecule has 2 atom stereocenters. The average molecular weight is 337 g/mol. The summed E-state index contributed by atoms with van der Waals surface area (Å²) in [6.07, 6.45) is 5.37. The number of benzene rings is 2. The zero-order valence-corrected chi connectivity index (χ0v) is 14.7. The molecule has 0 bridgehead atoms. The van der Waals surface area contributed by atoms with Gasteiger partial charge in [0.25, 0.3) is 0 Å². The highest BCUT2D eigenvalue weighted by atomic mass is 16.5. The minimum atomic E-state index is -0.519. The molecule has 0 heterocycles. The van der Waals surface area contributed by atoms with Crippen LogP contribution in [0.15, 0.2) is 61.2 Å². The molecular weight excluding hydrogens is 310 g/mol. The molecule has 0 saturated carbocycles. The van der Waals surface area contributed by atoms with Crippen molar-refractivity contribution in [3.05, 3.63) is 77.9 Å². The van der Waals surface area contributed by atoms with Crippen LogP contribution in [0.3, 0.4) is 0 Å². The molecule has 0 unspecified atom stereocenters. The van der Waals surface area contributed by atoms with E-state index in [2.05, 4.69) is 36.2 Å². The van der Waals surface area contributed by atoms with E-state index in [1.54, 1.807) is 0 Å². The Balaban J connectivity index is 1.45. The van der Waals surface area contributed by atoms with E-state index >= 15 is 0 Å². The summed E-state index contributed by atoms with van der Waals surface area (Å²) in [6.45, 7) is 4.62. The van der Waals surface area contributed by atoms with Crippen molar-refractivity contribution in [1.82, 2.24) is 5.32 Å². The van der Waals surface area contributed by atoms with Crippen molar-refractivity contribution in [2.45, 2.75) is 37.8 Å². The fraction of sp³-hybridized carbons (Fsp3) is 0.364. The summed E-state index contributed by atoms with van der Waals surface area (Å²) in [4.78, 5) is 0. The maximum absolute atomic E-state index is 10.2. The van der Waals surface area contributed by atoms with E-state index < -0.39 is 6.10 Å². The Hall–Kier alpha value is -2.10. The molecule has 132 valence electrons. The Morgan fingerprint density at radius 3 is 2.76 bits per heavy atom. The molecular formula is C22H27NO2. The summed E-state index contributed by atoms with van der Waals surface area (Å²) in [5, 5.41) is 13.7. The molecule has 2 aromatic carbocycles. The highest BCUT2D eigenvalue weighted by Gasteiger charge is 2.18. The Bertz CT molecular complexity index is 698. The van der Waals surface area contributed by atoms with Crippen molar-refractivity contribution in [3.8, 4) is 5.75 Å². The molecule has 0 spiro atoms. The van der Waals surface area contributed by atoms with Gasteiger partial charge in [-0.3, -0.25) is 0 Å². The van der Waals surface area contributed by atoms with Gasteiger partial charge in [-0.1, -0.05) is 48.5 Å². The van der Waals surface area contributed by atoms with Gasteiger partial charge in [-0.2, -0.15) is 0 Å². The minimum absolute atomic E-state index is 0.296. The first-order chi connectivity index (χ1) is 12.3. The van der Waals surface area contributed by atoms with Gasteiger partial charge in [-0.15, -0.1) is 6.58 Å². The quantitative estimate of drug-likeness (QED) is 0.726. The average Bonchev–Trinajstić information content (AvgIpc) is 2.66. The van der Waals surface area contributed by atoms with Gasteiger partial charge < -0.3 is 15.2 Å². The van der Waals surface area contributed by atoms with Crippen LogP contribution in [-0.2, 0) is 19.3 Å². The number of ether oxygens (including phenoxy) is 1. The zero-order chi connectivity index (χ0) is 17.5. The SMILES string of the molecule is C=CCc1ccccc1OC[C@@H](O)CN[C@@H]1CCc2ccccc2C1. The van der Waals surface area contributed by atoms with Gasteiger partial charge in [-0.25, -0.2) is 0 Å². The Morgan fingerprint density at radius 2 is 1.92 bits per heavy atom. The van der Waals surface area contributed by atoms with Crippen LogP contribution in [0.25, 0.3) is 0 Å². The second-order valence-electron chi connectivity index (χ2n) is 6.68. The first-order valence-corrected chi connectivity index (χ1v) is 9.06. The van der Waals surface area contributed by atoms with Crippen LogP contribution in [0.5, 0.6) is 5.75 Å². The Kier molecular flexibility index (Phi) is 6.26. The Labute approximate surface area is 150 Å². The largest absolute Gasteiger partial charge is 0.491 e. The van der Waals surface area contributed by atoms with Crippen LogP contribution in [0.1, 0.15) is 23.1 Å². The summed E-state index contributed by atoms with van der Waals surface area (Å²) in [5.41, 5.74) is 3.99. The third-order valence-corrected chi connectivity index (χ3v) is 4.76.